The van der Waals surface area contributed by atoms with E-state index in [1.54, 1.807) is 0 Å². The van der Waals surface area contributed by atoms with Crippen LogP contribution in [-0.2, 0) is 12.8 Å². The van der Waals surface area contributed by atoms with Crippen LogP contribution in [0.4, 0.5) is 0 Å². The first-order valence-electron chi connectivity index (χ1n) is 7.00. The Hall–Kier alpha value is -0.890. The third-order valence-corrected chi connectivity index (χ3v) is 3.57. The van der Waals surface area contributed by atoms with Gasteiger partial charge in [-0.2, -0.15) is 0 Å². The number of hydrogen-bond acceptors (Lipinski definition) is 2. The molecule has 0 spiro atoms. The van der Waals surface area contributed by atoms with Gasteiger partial charge >= 0.3 is 0 Å². The van der Waals surface area contributed by atoms with Crippen LogP contribution in [0, 0.1) is 5.92 Å². The summed E-state index contributed by atoms with van der Waals surface area (Å²) in [5.41, 5.74) is 2.57. The standard InChI is InChI=1S/C15H24N2/c1-3-9-16-15(13-6-7-13)10-14-8-5-12(4-2)11-17-14/h5,8,11,13,15-16H,3-4,6-7,9-10H2,1-2H3. The van der Waals surface area contributed by atoms with Crippen molar-refractivity contribution >= 4 is 0 Å². The maximum Gasteiger partial charge on any atom is 0.0419 e. The molecular formula is C15H24N2. The number of rotatable bonds is 7. The van der Waals surface area contributed by atoms with Crippen molar-refractivity contribution in [2.45, 2.75) is 52.0 Å². The molecule has 2 rings (SSSR count). The van der Waals surface area contributed by atoms with Gasteiger partial charge in [0.2, 0.25) is 0 Å². The number of aryl methyl sites for hydroxylation is 1. The molecule has 0 aliphatic heterocycles. The maximum atomic E-state index is 4.57. The lowest BCUT2D eigenvalue weighted by Crippen LogP contribution is -2.33. The van der Waals surface area contributed by atoms with Gasteiger partial charge < -0.3 is 5.32 Å². The first-order chi connectivity index (χ1) is 8.33. The molecule has 1 atom stereocenters. The Morgan fingerprint density at radius 2 is 2.18 bits per heavy atom. The summed E-state index contributed by atoms with van der Waals surface area (Å²) in [6.45, 7) is 5.53. The van der Waals surface area contributed by atoms with Crippen LogP contribution in [-0.4, -0.2) is 17.6 Å². The number of pyridine rings is 1. The van der Waals surface area contributed by atoms with E-state index in [4.69, 9.17) is 0 Å². The normalized spacial score (nSPS) is 17.1. The smallest absolute Gasteiger partial charge is 0.0419 e. The molecule has 1 aromatic heterocycles. The summed E-state index contributed by atoms with van der Waals surface area (Å²) in [4.78, 5) is 4.57. The molecule has 0 bridgehead atoms. The van der Waals surface area contributed by atoms with Crippen molar-refractivity contribution in [3.05, 3.63) is 29.6 Å². The van der Waals surface area contributed by atoms with Gasteiger partial charge in [-0.15, -0.1) is 0 Å². The van der Waals surface area contributed by atoms with Gasteiger partial charge in [0, 0.05) is 24.4 Å². The summed E-state index contributed by atoms with van der Waals surface area (Å²) >= 11 is 0. The van der Waals surface area contributed by atoms with E-state index >= 15 is 0 Å². The van der Waals surface area contributed by atoms with Crippen LogP contribution < -0.4 is 5.32 Å². The quantitative estimate of drug-likeness (QED) is 0.782. The highest BCUT2D eigenvalue weighted by atomic mass is 14.9. The lowest BCUT2D eigenvalue weighted by molar-refractivity contribution is 0.456. The van der Waals surface area contributed by atoms with Crippen LogP contribution in [0.15, 0.2) is 18.3 Å². The molecule has 1 aromatic rings. The zero-order valence-corrected chi connectivity index (χ0v) is 11.1. The fourth-order valence-electron chi connectivity index (χ4n) is 2.24. The van der Waals surface area contributed by atoms with Crippen molar-refractivity contribution < 1.29 is 0 Å². The van der Waals surface area contributed by atoms with E-state index in [0.717, 1.165) is 25.3 Å². The highest BCUT2D eigenvalue weighted by molar-refractivity contribution is 5.15. The van der Waals surface area contributed by atoms with Crippen molar-refractivity contribution in [3.63, 3.8) is 0 Å². The van der Waals surface area contributed by atoms with E-state index < -0.39 is 0 Å². The third kappa shape index (κ3) is 3.81. The first kappa shape index (κ1) is 12.6. The summed E-state index contributed by atoms with van der Waals surface area (Å²) in [6.07, 6.45) is 8.20. The van der Waals surface area contributed by atoms with Crippen LogP contribution in [0.3, 0.4) is 0 Å². The van der Waals surface area contributed by atoms with Crippen molar-refractivity contribution in [2.75, 3.05) is 6.54 Å². The molecule has 17 heavy (non-hydrogen) atoms. The van der Waals surface area contributed by atoms with Gasteiger partial charge in [-0.3, -0.25) is 4.98 Å². The predicted molar refractivity (Wildman–Crippen MR) is 72.1 cm³/mol. The van der Waals surface area contributed by atoms with E-state index in [1.165, 1.54) is 30.5 Å². The topological polar surface area (TPSA) is 24.9 Å². The van der Waals surface area contributed by atoms with E-state index in [1.807, 2.05) is 6.20 Å². The molecule has 1 aliphatic rings. The number of hydrogen-bond donors (Lipinski definition) is 1. The van der Waals surface area contributed by atoms with Gasteiger partial charge in [-0.25, -0.2) is 0 Å². The van der Waals surface area contributed by atoms with Crippen LogP contribution >= 0.6 is 0 Å². The van der Waals surface area contributed by atoms with Crippen molar-refractivity contribution in [1.29, 1.82) is 0 Å². The first-order valence-corrected chi connectivity index (χ1v) is 7.00. The van der Waals surface area contributed by atoms with Crippen molar-refractivity contribution in [1.82, 2.24) is 10.3 Å². The summed E-state index contributed by atoms with van der Waals surface area (Å²) in [5, 5.41) is 3.67. The van der Waals surface area contributed by atoms with E-state index in [-0.39, 0.29) is 0 Å². The Morgan fingerprint density at radius 1 is 1.35 bits per heavy atom. The lowest BCUT2D eigenvalue weighted by atomic mass is 10.1. The predicted octanol–water partition coefficient (Wildman–Crippen LogP) is 2.96. The molecule has 1 heterocycles. The molecule has 1 unspecified atom stereocenters. The van der Waals surface area contributed by atoms with Crippen LogP contribution in [0.2, 0.25) is 0 Å². The second-order valence-electron chi connectivity index (χ2n) is 5.11. The molecule has 94 valence electrons. The fraction of sp³-hybridized carbons (Fsp3) is 0.667. The average Bonchev–Trinajstić information content (AvgIpc) is 3.19. The van der Waals surface area contributed by atoms with Crippen molar-refractivity contribution in [3.8, 4) is 0 Å². The molecule has 0 radical (unpaired) electrons. The minimum atomic E-state index is 0.648. The minimum absolute atomic E-state index is 0.648. The largest absolute Gasteiger partial charge is 0.313 e. The fourth-order valence-corrected chi connectivity index (χ4v) is 2.24. The molecule has 0 saturated heterocycles. The summed E-state index contributed by atoms with van der Waals surface area (Å²) < 4.78 is 0. The molecule has 1 N–H and O–H groups in total. The highest BCUT2D eigenvalue weighted by Gasteiger charge is 2.30. The number of nitrogens with zero attached hydrogens (tertiary/aromatic N) is 1. The molecule has 0 amide bonds. The molecule has 1 fully saturated rings. The minimum Gasteiger partial charge on any atom is -0.313 e. The Labute approximate surface area is 105 Å². The molecule has 0 aromatic carbocycles. The number of nitrogens with one attached hydrogen (secondary N) is 1. The van der Waals surface area contributed by atoms with Gasteiger partial charge in [0.25, 0.3) is 0 Å². The van der Waals surface area contributed by atoms with Gasteiger partial charge in [0.15, 0.2) is 0 Å². The molecular weight excluding hydrogens is 208 g/mol. The zero-order chi connectivity index (χ0) is 12.1. The van der Waals surface area contributed by atoms with Crippen LogP contribution in [0.25, 0.3) is 0 Å². The number of aromatic nitrogens is 1. The van der Waals surface area contributed by atoms with Crippen molar-refractivity contribution in [2.24, 2.45) is 5.92 Å². The van der Waals surface area contributed by atoms with E-state index in [2.05, 4.69) is 36.3 Å². The Morgan fingerprint density at radius 3 is 2.71 bits per heavy atom. The van der Waals surface area contributed by atoms with Crippen LogP contribution in [0.5, 0.6) is 0 Å². The van der Waals surface area contributed by atoms with Gasteiger partial charge in [-0.05, 0) is 49.8 Å². The summed E-state index contributed by atoms with van der Waals surface area (Å²) in [6, 6.07) is 5.06. The van der Waals surface area contributed by atoms with E-state index in [0.29, 0.717) is 6.04 Å². The Bertz CT molecular complexity index is 327. The Kier molecular flexibility index (Phi) is 4.55. The average molecular weight is 232 g/mol. The molecule has 2 nitrogen and oxygen atoms in total. The Balaban J connectivity index is 1.91. The molecule has 1 aliphatic carbocycles. The zero-order valence-electron chi connectivity index (χ0n) is 11.1. The SMILES string of the molecule is CCCNC(Cc1ccc(CC)cn1)C1CC1. The second-order valence-corrected chi connectivity index (χ2v) is 5.11. The summed E-state index contributed by atoms with van der Waals surface area (Å²) in [5.74, 6) is 0.897. The van der Waals surface area contributed by atoms with E-state index in [9.17, 15) is 0 Å². The molecule has 1 saturated carbocycles. The maximum absolute atomic E-state index is 4.57. The van der Waals surface area contributed by atoms with Gasteiger partial charge in [-0.1, -0.05) is 19.9 Å². The van der Waals surface area contributed by atoms with Crippen LogP contribution in [0.1, 0.15) is 44.4 Å². The highest BCUT2D eigenvalue weighted by Crippen LogP contribution is 2.33. The second kappa shape index (κ2) is 6.15. The van der Waals surface area contributed by atoms with Gasteiger partial charge in [0.05, 0.1) is 0 Å². The summed E-state index contributed by atoms with van der Waals surface area (Å²) in [7, 11) is 0. The lowest BCUT2D eigenvalue weighted by Gasteiger charge is -2.17. The monoisotopic (exact) mass is 232 g/mol. The third-order valence-electron chi connectivity index (χ3n) is 3.57. The molecule has 2 heteroatoms. The van der Waals surface area contributed by atoms with Gasteiger partial charge in [0.1, 0.15) is 0 Å².